The van der Waals surface area contributed by atoms with E-state index >= 15 is 0 Å². The second kappa shape index (κ2) is 7.67. The van der Waals surface area contributed by atoms with Crippen molar-refractivity contribution in [3.63, 3.8) is 0 Å². The van der Waals surface area contributed by atoms with Gasteiger partial charge in [-0.25, -0.2) is 0 Å². The van der Waals surface area contributed by atoms with Crippen LogP contribution in [0.5, 0.6) is 0 Å². The van der Waals surface area contributed by atoms with Crippen LogP contribution in [0.15, 0.2) is 0 Å². The normalized spacial score (nSPS) is 11.4. The lowest BCUT2D eigenvalue weighted by Crippen LogP contribution is -2.47. The monoisotopic (exact) mass is 230 g/mol. The highest BCUT2D eigenvalue weighted by Gasteiger charge is 2.18. The van der Waals surface area contributed by atoms with Gasteiger partial charge in [0.05, 0.1) is 7.11 Å². The zero-order valence-corrected chi connectivity index (χ0v) is 9.83. The minimum atomic E-state index is -0.600. The highest BCUT2D eigenvalue weighted by atomic mass is 16.5. The van der Waals surface area contributed by atoms with E-state index in [2.05, 4.69) is 15.4 Å². The predicted molar refractivity (Wildman–Crippen MR) is 57.5 cm³/mol. The molecule has 0 aliphatic rings. The summed E-state index contributed by atoms with van der Waals surface area (Å²) in [6.45, 7) is 3.29. The van der Waals surface area contributed by atoms with Crippen molar-refractivity contribution in [1.82, 2.24) is 10.6 Å². The van der Waals surface area contributed by atoms with Gasteiger partial charge < -0.3 is 15.4 Å². The maximum atomic E-state index is 11.5. The molecular weight excluding hydrogens is 212 g/mol. The summed E-state index contributed by atoms with van der Waals surface area (Å²) in [4.78, 5) is 33.4. The average molecular weight is 230 g/mol. The highest BCUT2D eigenvalue weighted by Crippen LogP contribution is 1.92. The first kappa shape index (κ1) is 14.4. The van der Waals surface area contributed by atoms with Crippen LogP contribution in [-0.4, -0.2) is 37.5 Å². The van der Waals surface area contributed by atoms with Crippen molar-refractivity contribution in [3.8, 4) is 0 Å². The Balaban J connectivity index is 4.10. The van der Waals surface area contributed by atoms with Crippen molar-refractivity contribution in [2.45, 2.75) is 32.7 Å². The fraction of sp³-hybridized carbons (Fsp3) is 0.700. The van der Waals surface area contributed by atoms with Gasteiger partial charge in [-0.2, -0.15) is 0 Å². The van der Waals surface area contributed by atoms with Crippen molar-refractivity contribution in [2.75, 3.05) is 13.7 Å². The largest absolute Gasteiger partial charge is 0.468 e. The standard InChI is InChI=1S/C10H18N2O4/c1-4-7(12-8(13)5-2)10(15)11-6-9(14)16-3/h7H,4-6H2,1-3H3,(H,11,15)(H,12,13)/t7-/m0/s1. The number of hydrogen-bond donors (Lipinski definition) is 2. The smallest absolute Gasteiger partial charge is 0.325 e. The molecular formula is C10H18N2O4. The molecule has 1 atom stereocenters. The molecule has 0 saturated carbocycles. The zero-order chi connectivity index (χ0) is 12.6. The summed E-state index contributed by atoms with van der Waals surface area (Å²) in [6.07, 6.45) is 0.791. The quantitative estimate of drug-likeness (QED) is 0.607. The Morgan fingerprint density at radius 1 is 1.25 bits per heavy atom. The molecule has 2 amide bonds. The molecule has 0 aliphatic carbocycles. The highest BCUT2D eigenvalue weighted by molar-refractivity contribution is 5.89. The van der Waals surface area contributed by atoms with E-state index in [1.165, 1.54) is 7.11 Å². The summed E-state index contributed by atoms with van der Waals surface area (Å²) in [5, 5.41) is 4.94. The molecule has 0 aromatic rings. The Morgan fingerprint density at radius 2 is 1.88 bits per heavy atom. The molecule has 0 bridgehead atoms. The Bertz CT molecular complexity index is 266. The van der Waals surface area contributed by atoms with Crippen molar-refractivity contribution >= 4 is 17.8 Å². The molecule has 0 radical (unpaired) electrons. The molecule has 16 heavy (non-hydrogen) atoms. The predicted octanol–water partition coefficient (Wildman–Crippen LogP) is -0.420. The van der Waals surface area contributed by atoms with Crippen molar-refractivity contribution < 1.29 is 19.1 Å². The van der Waals surface area contributed by atoms with Crippen LogP contribution in [0, 0.1) is 0 Å². The summed E-state index contributed by atoms with van der Waals surface area (Å²) >= 11 is 0. The molecule has 0 aromatic heterocycles. The number of carbonyl (C=O) groups excluding carboxylic acids is 3. The van der Waals surface area contributed by atoms with Gasteiger partial charge >= 0.3 is 5.97 Å². The van der Waals surface area contributed by atoms with Gasteiger partial charge in [0, 0.05) is 6.42 Å². The van der Waals surface area contributed by atoms with Gasteiger partial charge in [0.1, 0.15) is 12.6 Å². The molecule has 0 heterocycles. The van der Waals surface area contributed by atoms with E-state index < -0.39 is 12.0 Å². The van der Waals surface area contributed by atoms with E-state index in [1.807, 2.05) is 0 Å². The molecule has 0 fully saturated rings. The molecule has 0 aliphatic heterocycles. The van der Waals surface area contributed by atoms with E-state index in [-0.39, 0.29) is 18.4 Å². The number of rotatable bonds is 6. The van der Waals surface area contributed by atoms with Crippen molar-refractivity contribution in [3.05, 3.63) is 0 Å². The second-order valence-electron chi connectivity index (χ2n) is 3.18. The third-order valence-electron chi connectivity index (χ3n) is 2.02. The van der Waals surface area contributed by atoms with E-state index in [9.17, 15) is 14.4 Å². The summed E-state index contributed by atoms with van der Waals surface area (Å²) < 4.78 is 4.38. The van der Waals surface area contributed by atoms with Crippen LogP contribution in [0.3, 0.4) is 0 Å². The van der Waals surface area contributed by atoms with Crippen molar-refractivity contribution in [1.29, 1.82) is 0 Å². The number of carbonyl (C=O) groups is 3. The molecule has 0 spiro atoms. The Labute approximate surface area is 94.7 Å². The number of ether oxygens (including phenoxy) is 1. The fourth-order valence-electron chi connectivity index (χ4n) is 1.00. The van der Waals surface area contributed by atoms with Crippen LogP contribution in [0.4, 0.5) is 0 Å². The molecule has 6 nitrogen and oxygen atoms in total. The van der Waals surface area contributed by atoms with Crippen LogP contribution in [0.25, 0.3) is 0 Å². The summed E-state index contributed by atoms with van der Waals surface area (Å²) in [5.41, 5.74) is 0. The summed E-state index contributed by atoms with van der Waals surface area (Å²) in [6, 6.07) is -0.600. The first-order valence-electron chi connectivity index (χ1n) is 5.19. The molecule has 92 valence electrons. The molecule has 6 heteroatoms. The van der Waals surface area contributed by atoms with Gasteiger partial charge in [0.2, 0.25) is 11.8 Å². The lowest BCUT2D eigenvalue weighted by atomic mass is 10.2. The second-order valence-corrected chi connectivity index (χ2v) is 3.18. The van der Waals surface area contributed by atoms with Crippen molar-refractivity contribution in [2.24, 2.45) is 0 Å². The van der Waals surface area contributed by atoms with E-state index in [4.69, 9.17) is 0 Å². The van der Waals surface area contributed by atoms with Gasteiger partial charge in [0.15, 0.2) is 0 Å². The molecule has 0 saturated heterocycles. The minimum Gasteiger partial charge on any atom is -0.468 e. The zero-order valence-electron chi connectivity index (χ0n) is 9.83. The fourth-order valence-corrected chi connectivity index (χ4v) is 1.00. The number of amides is 2. The van der Waals surface area contributed by atoms with Gasteiger partial charge in [-0.05, 0) is 6.42 Å². The number of esters is 1. The Hall–Kier alpha value is -1.59. The van der Waals surface area contributed by atoms with E-state index in [0.717, 1.165) is 0 Å². The first-order valence-corrected chi connectivity index (χ1v) is 5.19. The van der Waals surface area contributed by atoms with Crippen LogP contribution in [0.2, 0.25) is 0 Å². The molecule has 0 unspecified atom stereocenters. The van der Waals surface area contributed by atoms with Crippen LogP contribution in [0.1, 0.15) is 26.7 Å². The summed E-state index contributed by atoms with van der Waals surface area (Å²) in [7, 11) is 1.24. The summed E-state index contributed by atoms with van der Waals surface area (Å²) in [5.74, 6) is -1.10. The van der Waals surface area contributed by atoms with Crippen LogP contribution in [-0.2, 0) is 19.1 Å². The Morgan fingerprint density at radius 3 is 2.31 bits per heavy atom. The van der Waals surface area contributed by atoms with Gasteiger partial charge in [-0.1, -0.05) is 13.8 Å². The molecule has 2 N–H and O–H groups in total. The lowest BCUT2D eigenvalue weighted by molar-refractivity contribution is -0.141. The average Bonchev–Trinajstić information content (AvgIpc) is 2.31. The molecule has 0 aromatic carbocycles. The van der Waals surface area contributed by atoms with E-state index in [0.29, 0.717) is 12.8 Å². The lowest BCUT2D eigenvalue weighted by Gasteiger charge is -2.15. The third kappa shape index (κ3) is 5.33. The Kier molecular flexibility index (Phi) is 6.91. The number of methoxy groups -OCH3 is 1. The number of nitrogens with one attached hydrogen (secondary N) is 2. The maximum absolute atomic E-state index is 11.5. The van der Waals surface area contributed by atoms with Crippen LogP contribution < -0.4 is 10.6 Å². The van der Waals surface area contributed by atoms with Crippen LogP contribution >= 0.6 is 0 Å². The topological polar surface area (TPSA) is 84.5 Å². The van der Waals surface area contributed by atoms with Gasteiger partial charge in [-0.15, -0.1) is 0 Å². The van der Waals surface area contributed by atoms with Gasteiger partial charge in [0.25, 0.3) is 0 Å². The number of hydrogen-bond acceptors (Lipinski definition) is 4. The first-order chi connectivity index (χ1) is 7.54. The van der Waals surface area contributed by atoms with E-state index in [1.54, 1.807) is 13.8 Å². The minimum absolute atomic E-state index is 0.187. The SMILES string of the molecule is CCC(=O)N[C@@H](CC)C(=O)NCC(=O)OC. The third-order valence-corrected chi connectivity index (χ3v) is 2.02. The molecule has 0 rings (SSSR count). The van der Waals surface area contributed by atoms with Gasteiger partial charge in [-0.3, -0.25) is 14.4 Å². The maximum Gasteiger partial charge on any atom is 0.325 e.